The molecule has 4 N–H and O–H groups in total. The topological polar surface area (TPSA) is 152 Å². The second-order valence-electron chi connectivity index (χ2n) is 11.0. The van der Waals surface area contributed by atoms with E-state index in [1.165, 1.54) is 0 Å². The molecule has 7 rings (SSSR count). The third kappa shape index (κ3) is 6.17. The van der Waals surface area contributed by atoms with Crippen LogP contribution in [0.15, 0.2) is 12.4 Å². The number of anilines is 2. The molecule has 0 aromatic carbocycles. The van der Waals surface area contributed by atoms with Gasteiger partial charge in [0.1, 0.15) is 27.8 Å². The summed E-state index contributed by atoms with van der Waals surface area (Å²) in [6.45, 7) is 8.93. The Kier molecular flexibility index (Phi) is 8.76. The number of halogens is 2. The predicted molar refractivity (Wildman–Crippen MR) is 165 cm³/mol. The minimum Gasteiger partial charge on any atom is -0.477 e. The van der Waals surface area contributed by atoms with E-state index in [9.17, 15) is 14.7 Å². The van der Waals surface area contributed by atoms with Gasteiger partial charge in [-0.1, -0.05) is 34.5 Å². The van der Waals surface area contributed by atoms with Gasteiger partial charge in [0.2, 0.25) is 0 Å². The van der Waals surface area contributed by atoms with Crippen molar-refractivity contribution in [3.63, 3.8) is 0 Å². The molecule has 4 aliphatic heterocycles. The Balaban J connectivity index is 1.12. The van der Waals surface area contributed by atoms with Gasteiger partial charge in [-0.25, -0.2) is 19.7 Å². The SMILES string of the molecule is CO[C@H]1CN(c2nc(-c3cnc(NCC4CN5CCN4CC5)cn3)c(C(=O)O)s2)CC[C@H]1NC(=O)c1[nH]c(C)c(Cl)c1Cl. The van der Waals surface area contributed by atoms with Crippen LogP contribution in [0, 0.1) is 6.92 Å². The number of aromatic nitrogens is 4. The molecule has 0 radical (unpaired) electrons. The number of nitrogens with zero attached hydrogens (tertiary/aromatic N) is 6. The molecule has 43 heavy (non-hydrogen) atoms. The molecule has 1 unspecified atom stereocenters. The maximum atomic E-state index is 12.9. The number of piperidine rings is 1. The first-order chi connectivity index (χ1) is 20.7. The highest BCUT2D eigenvalue weighted by atomic mass is 35.5. The van der Waals surface area contributed by atoms with E-state index in [-0.39, 0.29) is 39.3 Å². The second-order valence-corrected chi connectivity index (χ2v) is 12.7. The van der Waals surface area contributed by atoms with Gasteiger partial charge in [0.05, 0.1) is 34.6 Å². The zero-order valence-corrected chi connectivity index (χ0v) is 26.1. The van der Waals surface area contributed by atoms with Crippen molar-refractivity contribution in [3.8, 4) is 11.4 Å². The number of carboxylic acids is 1. The number of carbonyl (C=O) groups is 2. The van der Waals surface area contributed by atoms with Crippen LogP contribution in [-0.4, -0.2) is 124 Å². The average Bonchev–Trinajstić information content (AvgIpc) is 3.59. The fourth-order valence-electron chi connectivity index (χ4n) is 5.91. The molecule has 4 fully saturated rings. The van der Waals surface area contributed by atoms with Crippen LogP contribution in [0.4, 0.5) is 10.9 Å². The molecular weight excluding hydrogens is 617 g/mol. The Morgan fingerprint density at radius 2 is 1.93 bits per heavy atom. The first kappa shape index (κ1) is 30.0. The van der Waals surface area contributed by atoms with Crippen molar-refractivity contribution >= 4 is 57.4 Å². The normalized spacial score (nSPS) is 25.1. The van der Waals surface area contributed by atoms with Crippen molar-refractivity contribution in [1.82, 2.24) is 35.1 Å². The Morgan fingerprint density at radius 1 is 1.14 bits per heavy atom. The number of carbonyl (C=O) groups excluding carboxylic acids is 1. The minimum absolute atomic E-state index is 0.0862. The number of carboxylic acid groups (broad SMARTS) is 1. The number of nitrogens with one attached hydrogen (secondary N) is 3. The van der Waals surface area contributed by atoms with E-state index in [0.717, 1.165) is 50.6 Å². The molecular formula is C27H33Cl2N9O4S. The summed E-state index contributed by atoms with van der Waals surface area (Å²) in [7, 11) is 1.57. The molecule has 2 bridgehead atoms. The Hall–Kier alpha value is -3.01. The summed E-state index contributed by atoms with van der Waals surface area (Å²) in [5.74, 6) is -0.816. The van der Waals surface area contributed by atoms with E-state index in [1.807, 2.05) is 4.90 Å². The molecule has 230 valence electrons. The summed E-state index contributed by atoms with van der Waals surface area (Å²) in [6, 6.07) is 0.139. The Labute approximate surface area is 262 Å². The third-order valence-corrected chi connectivity index (χ3v) is 10.4. The van der Waals surface area contributed by atoms with Gasteiger partial charge in [0.25, 0.3) is 5.91 Å². The molecule has 1 amide bonds. The van der Waals surface area contributed by atoms with E-state index in [4.69, 9.17) is 27.9 Å². The number of piperazine rings is 3. The molecule has 0 aliphatic carbocycles. The predicted octanol–water partition coefficient (Wildman–Crippen LogP) is 2.68. The summed E-state index contributed by atoms with van der Waals surface area (Å²) in [4.78, 5) is 48.7. The van der Waals surface area contributed by atoms with E-state index in [2.05, 4.69) is 40.4 Å². The van der Waals surface area contributed by atoms with Gasteiger partial charge < -0.3 is 30.4 Å². The molecule has 3 atom stereocenters. The number of thiazole rings is 1. The lowest BCUT2D eigenvalue weighted by Gasteiger charge is -2.47. The van der Waals surface area contributed by atoms with E-state index in [1.54, 1.807) is 26.4 Å². The van der Waals surface area contributed by atoms with E-state index >= 15 is 0 Å². The van der Waals surface area contributed by atoms with Crippen LogP contribution in [0.25, 0.3) is 11.4 Å². The molecule has 4 saturated heterocycles. The molecule has 0 saturated carbocycles. The van der Waals surface area contributed by atoms with Gasteiger partial charge >= 0.3 is 5.97 Å². The zero-order chi connectivity index (χ0) is 30.2. The third-order valence-electron chi connectivity index (χ3n) is 8.35. The molecule has 4 aliphatic rings. The summed E-state index contributed by atoms with van der Waals surface area (Å²) in [5.41, 5.74) is 1.48. The monoisotopic (exact) mass is 649 g/mol. The number of amides is 1. The van der Waals surface area contributed by atoms with Gasteiger partial charge in [-0.2, -0.15) is 0 Å². The first-order valence-corrected chi connectivity index (χ1v) is 15.7. The molecule has 13 nitrogen and oxygen atoms in total. The smallest absolute Gasteiger partial charge is 0.348 e. The van der Waals surface area contributed by atoms with Gasteiger partial charge in [0, 0.05) is 71.2 Å². The number of hydrogen-bond acceptors (Lipinski definition) is 11. The van der Waals surface area contributed by atoms with Crippen LogP contribution in [-0.2, 0) is 4.74 Å². The lowest BCUT2D eigenvalue weighted by Crippen LogP contribution is -2.62. The van der Waals surface area contributed by atoms with Crippen LogP contribution in [0.1, 0.15) is 32.3 Å². The molecule has 3 aromatic heterocycles. The van der Waals surface area contributed by atoms with Crippen LogP contribution >= 0.6 is 34.5 Å². The van der Waals surface area contributed by atoms with Crippen molar-refractivity contribution in [2.45, 2.75) is 31.5 Å². The number of methoxy groups -OCH3 is 1. The summed E-state index contributed by atoms with van der Waals surface area (Å²) >= 11 is 13.4. The number of ether oxygens (including phenoxy) is 1. The number of aryl methyl sites for hydroxylation is 1. The number of aromatic amines is 1. The van der Waals surface area contributed by atoms with Gasteiger partial charge in [0.15, 0.2) is 5.13 Å². The number of hydrogen-bond donors (Lipinski definition) is 4. The van der Waals surface area contributed by atoms with Crippen molar-refractivity contribution in [2.75, 3.05) is 69.7 Å². The summed E-state index contributed by atoms with van der Waals surface area (Å²) in [6.07, 6.45) is 3.35. The molecule has 3 aromatic rings. The maximum absolute atomic E-state index is 12.9. The fourth-order valence-corrected chi connectivity index (χ4v) is 7.27. The lowest BCUT2D eigenvalue weighted by molar-refractivity contribution is 0.0189. The summed E-state index contributed by atoms with van der Waals surface area (Å²) < 4.78 is 5.72. The maximum Gasteiger partial charge on any atom is 0.348 e. The van der Waals surface area contributed by atoms with Crippen LogP contribution in [0.2, 0.25) is 10.0 Å². The Bertz CT molecular complexity index is 1490. The quantitative estimate of drug-likeness (QED) is 0.271. The van der Waals surface area contributed by atoms with Crippen molar-refractivity contribution < 1.29 is 19.4 Å². The largest absolute Gasteiger partial charge is 0.477 e. The average molecular weight is 651 g/mol. The molecule has 16 heteroatoms. The Morgan fingerprint density at radius 3 is 2.53 bits per heavy atom. The molecule has 7 heterocycles. The number of rotatable bonds is 9. The number of aromatic carboxylic acids is 1. The highest BCUT2D eigenvalue weighted by Crippen LogP contribution is 2.34. The van der Waals surface area contributed by atoms with Gasteiger partial charge in [-0.3, -0.25) is 14.6 Å². The second kappa shape index (κ2) is 12.5. The van der Waals surface area contributed by atoms with Gasteiger partial charge in [-0.05, 0) is 13.3 Å². The van der Waals surface area contributed by atoms with Crippen molar-refractivity contribution in [3.05, 3.63) is 38.7 Å². The van der Waals surface area contributed by atoms with Crippen molar-refractivity contribution in [1.29, 1.82) is 0 Å². The fraction of sp³-hybridized carbons (Fsp3) is 0.519. The van der Waals surface area contributed by atoms with Crippen LogP contribution in [0.3, 0.4) is 0 Å². The van der Waals surface area contributed by atoms with Crippen LogP contribution in [0.5, 0.6) is 0 Å². The van der Waals surface area contributed by atoms with E-state index < -0.39 is 5.97 Å². The summed E-state index contributed by atoms with van der Waals surface area (Å²) in [5, 5.41) is 17.3. The standard InChI is InChI=1S/C27H33Cl2N9O4S/c1-14-20(28)21(29)23(33-14)25(39)34-16-3-4-38(13-18(16)42-2)27-35-22(24(43-27)26(40)41)17-10-32-19(11-30-17)31-9-15-12-36-5-7-37(15)8-6-36/h10-11,15-16,18,33H,3-9,12-13H2,1-2H3,(H,31,32)(H,34,39)(H,40,41)/t15?,16-,18+/m1/s1. The minimum atomic E-state index is -1.08. The van der Waals surface area contributed by atoms with Crippen molar-refractivity contribution in [2.24, 2.45) is 0 Å². The first-order valence-electron chi connectivity index (χ1n) is 14.1. The highest BCUT2D eigenvalue weighted by Gasteiger charge is 2.34. The van der Waals surface area contributed by atoms with Crippen LogP contribution < -0.4 is 15.5 Å². The van der Waals surface area contributed by atoms with E-state index in [0.29, 0.717) is 52.9 Å². The van der Waals surface area contributed by atoms with Gasteiger partial charge in [-0.15, -0.1) is 0 Å². The molecule has 0 spiro atoms. The highest BCUT2D eigenvalue weighted by molar-refractivity contribution is 7.17. The number of H-pyrrole nitrogens is 1. The zero-order valence-electron chi connectivity index (χ0n) is 23.8. The lowest BCUT2D eigenvalue weighted by atomic mass is 10.0. The number of fused-ring (bicyclic) bond motifs is 3.